The predicted octanol–water partition coefficient (Wildman–Crippen LogP) is 6.86. The van der Waals surface area contributed by atoms with Crippen LogP contribution in [0.25, 0.3) is 32.7 Å². The molecule has 0 aromatic heterocycles. The van der Waals surface area contributed by atoms with E-state index in [-0.39, 0.29) is 0 Å². The van der Waals surface area contributed by atoms with Gasteiger partial charge >= 0.3 is 0 Å². The lowest BCUT2D eigenvalue weighted by Gasteiger charge is -2.17. The van der Waals surface area contributed by atoms with Crippen molar-refractivity contribution >= 4 is 37.5 Å². The summed E-state index contributed by atoms with van der Waals surface area (Å²) in [6.45, 7) is 2.21. The third-order valence-corrected chi connectivity index (χ3v) is 5.15. The first-order chi connectivity index (χ1) is 11.3. The SMILES string of the molecule is Cc1ccc2ccccc2c1-c1c(CBr)ccc2ccccc12. The second-order valence-electron chi connectivity index (χ2n) is 5.93. The molecule has 23 heavy (non-hydrogen) atoms. The van der Waals surface area contributed by atoms with Gasteiger partial charge in [-0.1, -0.05) is 88.7 Å². The summed E-state index contributed by atoms with van der Waals surface area (Å²) in [6.07, 6.45) is 0. The summed E-state index contributed by atoms with van der Waals surface area (Å²) in [5.41, 5.74) is 5.37. The molecular formula is C22H17Br. The molecule has 0 amide bonds. The molecule has 0 radical (unpaired) electrons. The van der Waals surface area contributed by atoms with Crippen LogP contribution in [0.5, 0.6) is 0 Å². The lowest BCUT2D eigenvalue weighted by molar-refractivity contribution is 1.43. The number of rotatable bonds is 2. The van der Waals surface area contributed by atoms with Crippen molar-refractivity contribution in [1.82, 2.24) is 0 Å². The van der Waals surface area contributed by atoms with Crippen molar-refractivity contribution in [2.45, 2.75) is 12.3 Å². The van der Waals surface area contributed by atoms with E-state index in [1.807, 2.05) is 0 Å². The van der Waals surface area contributed by atoms with Crippen molar-refractivity contribution in [2.75, 3.05) is 0 Å². The normalized spacial score (nSPS) is 11.2. The average Bonchev–Trinajstić information content (AvgIpc) is 2.61. The number of aryl methyl sites for hydroxylation is 1. The molecule has 0 aliphatic carbocycles. The molecule has 0 aliphatic heterocycles. The van der Waals surface area contributed by atoms with Crippen molar-refractivity contribution < 1.29 is 0 Å². The average molecular weight is 361 g/mol. The molecule has 112 valence electrons. The van der Waals surface area contributed by atoms with Gasteiger partial charge in [0.2, 0.25) is 0 Å². The zero-order valence-corrected chi connectivity index (χ0v) is 14.6. The first kappa shape index (κ1) is 14.5. The van der Waals surface area contributed by atoms with E-state index < -0.39 is 0 Å². The van der Waals surface area contributed by atoms with Gasteiger partial charge in [-0.3, -0.25) is 0 Å². The molecule has 0 heterocycles. The van der Waals surface area contributed by atoms with Crippen LogP contribution in [0.3, 0.4) is 0 Å². The molecule has 4 aromatic rings. The van der Waals surface area contributed by atoms with Crippen LogP contribution >= 0.6 is 15.9 Å². The van der Waals surface area contributed by atoms with Crippen molar-refractivity contribution in [3.8, 4) is 11.1 Å². The number of alkyl halides is 1. The molecule has 0 atom stereocenters. The molecule has 0 spiro atoms. The molecule has 4 aromatic carbocycles. The van der Waals surface area contributed by atoms with Gasteiger partial charge < -0.3 is 0 Å². The van der Waals surface area contributed by atoms with Gasteiger partial charge in [0.15, 0.2) is 0 Å². The number of fused-ring (bicyclic) bond motifs is 2. The highest BCUT2D eigenvalue weighted by Gasteiger charge is 2.14. The smallest absolute Gasteiger partial charge is 0.0289 e. The number of benzene rings is 4. The van der Waals surface area contributed by atoms with E-state index in [1.54, 1.807) is 0 Å². The minimum Gasteiger partial charge on any atom is -0.0876 e. The van der Waals surface area contributed by atoms with Gasteiger partial charge in [-0.15, -0.1) is 0 Å². The van der Waals surface area contributed by atoms with E-state index in [0.29, 0.717) is 0 Å². The summed E-state index contributed by atoms with van der Waals surface area (Å²) in [6, 6.07) is 26.2. The van der Waals surface area contributed by atoms with Gasteiger partial charge in [-0.2, -0.15) is 0 Å². The Bertz CT molecular complexity index is 1010. The maximum absolute atomic E-state index is 3.68. The summed E-state index contributed by atoms with van der Waals surface area (Å²) in [5.74, 6) is 0. The van der Waals surface area contributed by atoms with Crippen molar-refractivity contribution in [2.24, 2.45) is 0 Å². The molecule has 0 aliphatic rings. The van der Waals surface area contributed by atoms with Crippen LogP contribution in [-0.4, -0.2) is 0 Å². The van der Waals surface area contributed by atoms with Crippen LogP contribution in [0, 0.1) is 6.92 Å². The Morgan fingerprint density at radius 3 is 1.87 bits per heavy atom. The van der Waals surface area contributed by atoms with Crippen LogP contribution in [0.1, 0.15) is 11.1 Å². The zero-order valence-electron chi connectivity index (χ0n) is 13.0. The standard InChI is InChI=1S/C22H17Br/c1-15-10-11-16-6-2-4-8-19(16)21(15)22-18(14-23)13-12-17-7-3-5-9-20(17)22/h2-13H,14H2,1H3. The molecule has 1 heteroatoms. The molecule has 0 fully saturated rings. The highest BCUT2D eigenvalue weighted by Crippen LogP contribution is 2.39. The highest BCUT2D eigenvalue weighted by molar-refractivity contribution is 9.08. The summed E-state index contributed by atoms with van der Waals surface area (Å²) < 4.78 is 0. The van der Waals surface area contributed by atoms with Gasteiger partial charge in [0.1, 0.15) is 0 Å². The zero-order chi connectivity index (χ0) is 15.8. The first-order valence-electron chi connectivity index (χ1n) is 7.85. The van der Waals surface area contributed by atoms with Gasteiger partial charge in [-0.05, 0) is 50.7 Å². The first-order valence-corrected chi connectivity index (χ1v) is 8.97. The van der Waals surface area contributed by atoms with Gasteiger partial charge in [0.25, 0.3) is 0 Å². The minimum absolute atomic E-state index is 0.857. The molecule has 4 rings (SSSR count). The topological polar surface area (TPSA) is 0 Å². The van der Waals surface area contributed by atoms with E-state index in [4.69, 9.17) is 0 Å². The number of halogens is 1. The van der Waals surface area contributed by atoms with Crippen LogP contribution < -0.4 is 0 Å². The summed E-state index contributed by atoms with van der Waals surface area (Å²) in [5, 5.41) is 6.09. The van der Waals surface area contributed by atoms with E-state index in [9.17, 15) is 0 Å². The van der Waals surface area contributed by atoms with E-state index >= 15 is 0 Å². The predicted molar refractivity (Wildman–Crippen MR) is 104 cm³/mol. The molecule has 0 bridgehead atoms. The highest BCUT2D eigenvalue weighted by atomic mass is 79.9. The fraction of sp³-hybridized carbons (Fsp3) is 0.0909. The Morgan fingerprint density at radius 2 is 1.22 bits per heavy atom. The third kappa shape index (κ3) is 2.36. The summed E-state index contributed by atoms with van der Waals surface area (Å²) in [4.78, 5) is 0. The van der Waals surface area contributed by atoms with Crippen LogP contribution in [-0.2, 0) is 5.33 Å². The maximum Gasteiger partial charge on any atom is 0.0289 e. The Kier molecular flexibility index (Phi) is 3.66. The number of hydrogen-bond acceptors (Lipinski definition) is 0. The molecule has 0 saturated heterocycles. The Hall–Kier alpha value is -2.12. The number of hydrogen-bond donors (Lipinski definition) is 0. The fourth-order valence-electron chi connectivity index (χ4n) is 3.44. The Labute approximate surface area is 144 Å². The van der Waals surface area contributed by atoms with Crippen LogP contribution in [0.4, 0.5) is 0 Å². The monoisotopic (exact) mass is 360 g/mol. The van der Waals surface area contributed by atoms with E-state index in [0.717, 1.165) is 5.33 Å². The lowest BCUT2D eigenvalue weighted by atomic mass is 9.88. The summed E-state index contributed by atoms with van der Waals surface area (Å²) in [7, 11) is 0. The molecule has 0 N–H and O–H groups in total. The Balaban J connectivity index is 2.21. The largest absolute Gasteiger partial charge is 0.0876 e. The molecular weight excluding hydrogens is 344 g/mol. The van der Waals surface area contributed by atoms with Crippen molar-refractivity contribution in [1.29, 1.82) is 0 Å². The maximum atomic E-state index is 3.68. The van der Waals surface area contributed by atoms with Crippen LogP contribution in [0.15, 0.2) is 72.8 Å². The van der Waals surface area contributed by atoms with Crippen molar-refractivity contribution in [3.05, 3.63) is 83.9 Å². The second kappa shape index (κ2) is 5.82. The molecule has 0 nitrogen and oxygen atoms in total. The quantitative estimate of drug-likeness (QED) is 0.342. The third-order valence-electron chi connectivity index (χ3n) is 4.55. The minimum atomic E-state index is 0.857. The second-order valence-corrected chi connectivity index (χ2v) is 6.49. The molecule has 0 saturated carbocycles. The van der Waals surface area contributed by atoms with Gasteiger partial charge in [0, 0.05) is 5.33 Å². The van der Waals surface area contributed by atoms with Gasteiger partial charge in [-0.25, -0.2) is 0 Å². The van der Waals surface area contributed by atoms with Crippen LogP contribution in [0.2, 0.25) is 0 Å². The van der Waals surface area contributed by atoms with E-state index in [1.165, 1.54) is 43.8 Å². The Morgan fingerprint density at radius 1 is 0.652 bits per heavy atom. The lowest BCUT2D eigenvalue weighted by Crippen LogP contribution is -1.93. The fourth-order valence-corrected chi connectivity index (χ4v) is 3.90. The summed E-state index contributed by atoms with van der Waals surface area (Å²) >= 11 is 3.68. The molecule has 0 unspecified atom stereocenters. The van der Waals surface area contributed by atoms with Gasteiger partial charge in [0.05, 0.1) is 0 Å². The van der Waals surface area contributed by atoms with E-state index in [2.05, 4.69) is 95.7 Å². The van der Waals surface area contributed by atoms with Crippen molar-refractivity contribution in [3.63, 3.8) is 0 Å².